The first-order chi connectivity index (χ1) is 11.9. The lowest BCUT2D eigenvalue weighted by molar-refractivity contribution is 0.337. The molecular weight excluding hydrogens is 310 g/mol. The van der Waals surface area contributed by atoms with E-state index in [1.54, 1.807) is 27.8 Å². The lowest BCUT2D eigenvalue weighted by Crippen LogP contribution is -2.38. The SMILES string of the molecule is c1ccc2c(c1)C1CC(c3ccc4c(c3)C3CCC4NC3)C2CS1. The lowest BCUT2D eigenvalue weighted by atomic mass is 9.70. The Morgan fingerprint density at radius 1 is 0.875 bits per heavy atom. The van der Waals surface area contributed by atoms with Gasteiger partial charge in [-0.25, -0.2) is 0 Å². The molecule has 0 spiro atoms. The number of hydrogen-bond acceptors (Lipinski definition) is 2. The molecule has 2 aliphatic carbocycles. The van der Waals surface area contributed by atoms with Crippen LogP contribution < -0.4 is 5.32 Å². The molecule has 5 atom stereocenters. The molecule has 4 aliphatic heterocycles. The maximum atomic E-state index is 3.71. The second-order valence-electron chi connectivity index (χ2n) is 8.02. The van der Waals surface area contributed by atoms with E-state index in [4.69, 9.17) is 0 Å². The first-order valence-corrected chi connectivity index (χ1v) is 10.5. The van der Waals surface area contributed by atoms with E-state index in [0.29, 0.717) is 17.2 Å². The molecule has 122 valence electrons. The van der Waals surface area contributed by atoms with Crippen LogP contribution in [0.1, 0.15) is 76.1 Å². The molecule has 2 aromatic rings. The van der Waals surface area contributed by atoms with Gasteiger partial charge in [-0.1, -0.05) is 42.5 Å². The summed E-state index contributed by atoms with van der Waals surface area (Å²) in [5, 5.41) is 4.42. The molecule has 24 heavy (non-hydrogen) atoms. The highest BCUT2D eigenvalue weighted by Crippen LogP contribution is 2.58. The van der Waals surface area contributed by atoms with Crippen LogP contribution in [0.4, 0.5) is 0 Å². The van der Waals surface area contributed by atoms with Crippen molar-refractivity contribution in [2.45, 2.75) is 48.3 Å². The average Bonchev–Trinajstić information content (AvgIpc) is 2.69. The largest absolute Gasteiger partial charge is 0.309 e. The maximum absolute atomic E-state index is 3.71. The molecule has 1 N–H and O–H groups in total. The van der Waals surface area contributed by atoms with Crippen LogP contribution in [0.3, 0.4) is 0 Å². The Morgan fingerprint density at radius 3 is 2.67 bits per heavy atom. The maximum Gasteiger partial charge on any atom is 0.0323 e. The zero-order valence-electron chi connectivity index (χ0n) is 13.9. The standard InChI is InChI=1S/C22H23NS/c1-2-4-17-15(3-1)20-12-24-22(17)10-19(20)13-5-7-16-18(9-13)14-6-8-21(16)23-11-14/h1-5,7,9,14,19-23H,6,8,10-12H2. The minimum absolute atomic E-state index is 0.623. The molecule has 2 heteroatoms. The molecule has 4 heterocycles. The van der Waals surface area contributed by atoms with Crippen molar-refractivity contribution < 1.29 is 0 Å². The molecule has 2 fully saturated rings. The van der Waals surface area contributed by atoms with Gasteiger partial charge in [0.05, 0.1) is 0 Å². The van der Waals surface area contributed by atoms with Crippen molar-refractivity contribution in [2.24, 2.45) is 0 Å². The number of piperidine rings is 1. The van der Waals surface area contributed by atoms with Crippen LogP contribution in [0.5, 0.6) is 0 Å². The third-order valence-electron chi connectivity index (χ3n) is 6.94. The Balaban J connectivity index is 1.42. The molecule has 6 aliphatic rings. The normalized spacial score (nSPS) is 35.6. The highest BCUT2D eigenvalue weighted by molar-refractivity contribution is 7.99. The van der Waals surface area contributed by atoms with E-state index < -0.39 is 0 Å². The van der Waals surface area contributed by atoms with Crippen LogP contribution in [-0.2, 0) is 0 Å². The van der Waals surface area contributed by atoms with Crippen molar-refractivity contribution in [1.29, 1.82) is 0 Å². The van der Waals surface area contributed by atoms with Crippen molar-refractivity contribution in [3.63, 3.8) is 0 Å². The summed E-state index contributed by atoms with van der Waals surface area (Å²) in [4.78, 5) is 0. The van der Waals surface area contributed by atoms with Gasteiger partial charge in [0.1, 0.15) is 0 Å². The Kier molecular flexibility index (Phi) is 2.98. The molecule has 0 amide bonds. The minimum atomic E-state index is 0.623. The lowest BCUT2D eigenvalue weighted by Gasteiger charge is -2.45. The van der Waals surface area contributed by atoms with Crippen molar-refractivity contribution in [3.05, 3.63) is 70.3 Å². The predicted molar refractivity (Wildman–Crippen MR) is 101 cm³/mol. The first-order valence-electron chi connectivity index (χ1n) is 9.46. The van der Waals surface area contributed by atoms with Crippen LogP contribution >= 0.6 is 11.8 Å². The third kappa shape index (κ3) is 1.87. The van der Waals surface area contributed by atoms with Gasteiger partial charge >= 0.3 is 0 Å². The van der Waals surface area contributed by atoms with Gasteiger partial charge in [-0.15, -0.1) is 0 Å². The monoisotopic (exact) mass is 333 g/mol. The summed E-state index contributed by atoms with van der Waals surface area (Å²) in [7, 11) is 0. The number of hydrogen-bond donors (Lipinski definition) is 1. The molecule has 5 unspecified atom stereocenters. The zero-order valence-corrected chi connectivity index (χ0v) is 14.7. The second kappa shape index (κ2) is 5.12. The molecule has 0 aromatic heterocycles. The number of rotatable bonds is 1. The Labute approximate surface area is 148 Å². The Bertz CT molecular complexity index is 805. The van der Waals surface area contributed by atoms with E-state index in [1.165, 1.54) is 31.6 Å². The van der Waals surface area contributed by atoms with E-state index in [0.717, 1.165) is 11.8 Å². The zero-order chi connectivity index (χ0) is 15.7. The Morgan fingerprint density at radius 2 is 1.79 bits per heavy atom. The van der Waals surface area contributed by atoms with E-state index in [2.05, 4.69) is 59.5 Å². The summed E-state index contributed by atoms with van der Waals surface area (Å²) < 4.78 is 0. The first kappa shape index (κ1) is 14.0. The molecule has 1 nitrogen and oxygen atoms in total. The van der Waals surface area contributed by atoms with Crippen molar-refractivity contribution in [1.82, 2.24) is 5.32 Å². The fraction of sp³-hybridized carbons (Fsp3) is 0.455. The van der Waals surface area contributed by atoms with Crippen LogP contribution in [0, 0.1) is 0 Å². The van der Waals surface area contributed by atoms with E-state index in [9.17, 15) is 0 Å². The fourth-order valence-electron chi connectivity index (χ4n) is 5.71. The summed E-state index contributed by atoms with van der Waals surface area (Å²) in [6.45, 7) is 1.19. The topological polar surface area (TPSA) is 12.0 Å². The molecule has 2 aromatic carbocycles. The van der Waals surface area contributed by atoms with Crippen molar-refractivity contribution in [2.75, 3.05) is 12.3 Å². The van der Waals surface area contributed by atoms with Crippen molar-refractivity contribution >= 4 is 11.8 Å². The molecular formula is C22H23NS. The average molecular weight is 334 g/mol. The second-order valence-corrected chi connectivity index (χ2v) is 9.26. The van der Waals surface area contributed by atoms with Crippen LogP contribution in [0.2, 0.25) is 0 Å². The molecule has 2 saturated heterocycles. The van der Waals surface area contributed by atoms with Gasteiger partial charge in [0.2, 0.25) is 0 Å². The summed E-state index contributed by atoms with van der Waals surface area (Å²) in [5.41, 5.74) is 8.14. The predicted octanol–water partition coefficient (Wildman–Crippen LogP) is 5.27. The summed E-state index contributed by atoms with van der Waals surface area (Å²) >= 11 is 2.18. The third-order valence-corrected chi connectivity index (χ3v) is 8.34. The van der Waals surface area contributed by atoms with Gasteiger partial charge in [-0.3, -0.25) is 0 Å². The Hall–Kier alpha value is -1.25. The minimum Gasteiger partial charge on any atom is -0.309 e. The summed E-state index contributed by atoms with van der Waals surface area (Å²) in [6.07, 6.45) is 4.04. The summed E-state index contributed by atoms with van der Waals surface area (Å²) in [5.74, 6) is 3.50. The molecule has 8 rings (SSSR count). The number of thioether (sulfide) groups is 1. The smallest absolute Gasteiger partial charge is 0.0323 e. The number of benzene rings is 2. The van der Waals surface area contributed by atoms with Crippen LogP contribution in [-0.4, -0.2) is 12.3 Å². The van der Waals surface area contributed by atoms with E-state index >= 15 is 0 Å². The molecule has 0 saturated carbocycles. The highest BCUT2D eigenvalue weighted by Gasteiger charge is 2.41. The number of fused-ring (bicyclic) bond motifs is 4. The van der Waals surface area contributed by atoms with Gasteiger partial charge in [-0.2, -0.15) is 11.8 Å². The highest BCUT2D eigenvalue weighted by atomic mass is 32.2. The number of nitrogens with one attached hydrogen (secondary N) is 1. The van der Waals surface area contributed by atoms with Gasteiger partial charge in [0.15, 0.2) is 0 Å². The quantitative estimate of drug-likeness (QED) is 0.763. The summed E-state index contributed by atoms with van der Waals surface area (Å²) in [6, 6.07) is 17.4. The van der Waals surface area contributed by atoms with Gasteiger partial charge in [0.25, 0.3) is 0 Å². The van der Waals surface area contributed by atoms with Crippen molar-refractivity contribution in [3.8, 4) is 0 Å². The van der Waals surface area contributed by atoms with Gasteiger partial charge in [0, 0.05) is 29.5 Å². The fourth-order valence-corrected chi connectivity index (χ4v) is 7.30. The van der Waals surface area contributed by atoms with E-state index in [1.807, 2.05) is 0 Å². The van der Waals surface area contributed by atoms with Gasteiger partial charge < -0.3 is 5.32 Å². The molecule has 0 radical (unpaired) electrons. The van der Waals surface area contributed by atoms with Crippen LogP contribution in [0.25, 0.3) is 0 Å². The van der Waals surface area contributed by atoms with E-state index in [-0.39, 0.29) is 0 Å². The van der Waals surface area contributed by atoms with Gasteiger partial charge in [-0.05, 0) is 58.9 Å². The van der Waals surface area contributed by atoms with Crippen LogP contribution in [0.15, 0.2) is 42.5 Å². The molecule has 4 bridgehead atoms.